The molecule has 10 aromatic carbocycles. The zero-order chi connectivity index (χ0) is 32.4. The van der Waals surface area contributed by atoms with Crippen LogP contribution in [-0.4, -0.2) is 0 Å². The van der Waals surface area contributed by atoms with E-state index in [0.717, 1.165) is 0 Å². The Kier molecular flexibility index (Phi) is 5.27. The molecule has 0 unspecified atom stereocenters. The first-order valence-electron chi connectivity index (χ1n) is 17.4. The third-order valence-corrected chi connectivity index (χ3v) is 11.5. The van der Waals surface area contributed by atoms with Gasteiger partial charge in [0.05, 0.1) is 0 Å². The van der Waals surface area contributed by atoms with Crippen molar-refractivity contribution < 1.29 is 0 Å². The van der Waals surface area contributed by atoms with Crippen LogP contribution in [-0.2, 0) is 5.41 Å². The van der Waals surface area contributed by atoms with Crippen molar-refractivity contribution >= 4 is 64.6 Å². The SMILES string of the molecule is CC1(C)c2c(-c3ccc4ccc(-c5ccc6ccc7cccc8ccc5c6c78)cc4c3)cccc2-c2c1c1ccccc1c1ccccc21. The van der Waals surface area contributed by atoms with Gasteiger partial charge in [-0.25, -0.2) is 0 Å². The summed E-state index contributed by atoms with van der Waals surface area (Å²) in [7, 11) is 0. The molecule has 0 atom stereocenters. The fourth-order valence-corrected chi connectivity index (χ4v) is 9.44. The Bertz CT molecular complexity index is 2990. The Morgan fingerprint density at radius 2 is 0.878 bits per heavy atom. The predicted octanol–water partition coefficient (Wildman–Crippen LogP) is 13.7. The van der Waals surface area contributed by atoms with Crippen LogP contribution in [0.4, 0.5) is 0 Å². The smallest absolute Gasteiger partial charge is 0.0171 e. The van der Waals surface area contributed by atoms with E-state index in [-0.39, 0.29) is 5.41 Å². The normalized spacial score (nSPS) is 13.7. The highest BCUT2D eigenvalue weighted by atomic mass is 14.4. The van der Waals surface area contributed by atoms with Crippen molar-refractivity contribution in [2.75, 3.05) is 0 Å². The van der Waals surface area contributed by atoms with Gasteiger partial charge in [0.15, 0.2) is 0 Å². The van der Waals surface area contributed by atoms with Crippen LogP contribution < -0.4 is 0 Å². The first-order chi connectivity index (χ1) is 24.1. The molecule has 10 aromatic rings. The van der Waals surface area contributed by atoms with Gasteiger partial charge in [0.2, 0.25) is 0 Å². The van der Waals surface area contributed by atoms with E-state index < -0.39 is 0 Å². The minimum atomic E-state index is -0.163. The molecule has 1 aliphatic carbocycles. The lowest BCUT2D eigenvalue weighted by Gasteiger charge is -2.26. The minimum absolute atomic E-state index is 0.163. The number of hydrogen-bond acceptors (Lipinski definition) is 0. The van der Waals surface area contributed by atoms with Crippen LogP contribution in [0.15, 0.2) is 158 Å². The quantitative estimate of drug-likeness (QED) is 0.169. The summed E-state index contributed by atoms with van der Waals surface area (Å²) in [5.41, 5.74) is 10.6. The fraction of sp³-hybridized carbons (Fsp3) is 0.0612. The second kappa shape index (κ2) is 9.56. The lowest BCUT2D eigenvalue weighted by molar-refractivity contribution is 0.668. The summed E-state index contributed by atoms with van der Waals surface area (Å²) < 4.78 is 0. The van der Waals surface area contributed by atoms with Crippen LogP contribution in [0.1, 0.15) is 25.0 Å². The van der Waals surface area contributed by atoms with Crippen molar-refractivity contribution in [3.8, 4) is 33.4 Å². The van der Waals surface area contributed by atoms with E-state index >= 15 is 0 Å². The molecule has 11 rings (SSSR count). The van der Waals surface area contributed by atoms with Crippen LogP contribution in [0.2, 0.25) is 0 Å². The molecular formula is C49H32. The summed E-state index contributed by atoms with van der Waals surface area (Å²) in [6, 6.07) is 59.3. The first-order valence-corrected chi connectivity index (χ1v) is 17.4. The molecule has 228 valence electrons. The molecule has 0 heterocycles. The van der Waals surface area contributed by atoms with Crippen molar-refractivity contribution in [1.29, 1.82) is 0 Å². The van der Waals surface area contributed by atoms with Gasteiger partial charge >= 0.3 is 0 Å². The summed E-state index contributed by atoms with van der Waals surface area (Å²) in [5.74, 6) is 0. The van der Waals surface area contributed by atoms with Gasteiger partial charge in [-0.05, 0) is 121 Å². The second-order valence-electron chi connectivity index (χ2n) is 14.4. The summed E-state index contributed by atoms with van der Waals surface area (Å²) in [4.78, 5) is 0. The largest absolute Gasteiger partial charge is 0.0616 e. The van der Waals surface area contributed by atoms with E-state index in [1.165, 1.54) is 109 Å². The van der Waals surface area contributed by atoms with E-state index in [0.29, 0.717) is 0 Å². The summed E-state index contributed by atoms with van der Waals surface area (Å²) in [5, 5.41) is 15.9. The van der Waals surface area contributed by atoms with Crippen molar-refractivity contribution in [3.63, 3.8) is 0 Å². The van der Waals surface area contributed by atoms with Gasteiger partial charge in [0.25, 0.3) is 0 Å². The molecule has 0 saturated heterocycles. The Morgan fingerprint density at radius 3 is 1.63 bits per heavy atom. The first kappa shape index (κ1) is 27.0. The molecule has 0 heteroatoms. The molecule has 0 amide bonds. The number of benzene rings is 10. The highest BCUT2D eigenvalue weighted by Crippen LogP contribution is 2.57. The average Bonchev–Trinajstić information content (AvgIpc) is 3.40. The lowest BCUT2D eigenvalue weighted by atomic mass is 9.76. The van der Waals surface area contributed by atoms with E-state index in [1.807, 2.05) is 0 Å². The van der Waals surface area contributed by atoms with Gasteiger partial charge in [-0.15, -0.1) is 0 Å². The van der Waals surface area contributed by atoms with Gasteiger partial charge in [-0.3, -0.25) is 0 Å². The van der Waals surface area contributed by atoms with Crippen LogP contribution in [0, 0.1) is 0 Å². The molecule has 0 N–H and O–H groups in total. The highest BCUT2D eigenvalue weighted by molar-refractivity contribution is 6.25. The third-order valence-electron chi connectivity index (χ3n) is 11.5. The monoisotopic (exact) mass is 620 g/mol. The maximum Gasteiger partial charge on any atom is 0.0171 e. The van der Waals surface area contributed by atoms with Crippen molar-refractivity contribution in [2.24, 2.45) is 0 Å². The second-order valence-corrected chi connectivity index (χ2v) is 14.4. The third kappa shape index (κ3) is 3.58. The van der Waals surface area contributed by atoms with E-state index in [2.05, 4.69) is 172 Å². The highest BCUT2D eigenvalue weighted by Gasteiger charge is 2.40. The molecule has 0 fully saturated rings. The molecule has 1 aliphatic rings. The number of rotatable bonds is 2. The molecule has 0 aliphatic heterocycles. The zero-order valence-electron chi connectivity index (χ0n) is 27.5. The van der Waals surface area contributed by atoms with Crippen LogP contribution in [0.3, 0.4) is 0 Å². The number of fused-ring (bicyclic) bond motifs is 9. The van der Waals surface area contributed by atoms with Crippen LogP contribution in [0.25, 0.3) is 98.0 Å². The Morgan fingerprint density at radius 1 is 0.327 bits per heavy atom. The maximum absolute atomic E-state index is 2.43. The predicted molar refractivity (Wildman–Crippen MR) is 211 cm³/mol. The van der Waals surface area contributed by atoms with Gasteiger partial charge < -0.3 is 0 Å². The van der Waals surface area contributed by atoms with Gasteiger partial charge in [-0.2, -0.15) is 0 Å². The minimum Gasteiger partial charge on any atom is -0.0616 e. The summed E-state index contributed by atoms with van der Waals surface area (Å²) in [6.07, 6.45) is 0. The lowest BCUT2D eigenvalue weighted by Crippen LogP contribution is -2.17. The zero-order valence-corrected chi connectivity index (χ0v) is 27.5. The molecule has 49 heavy (non-hydrogen) atoms. The van der Waals surface area contributed by atoms with Gasteiger partial charge in [0.1, 0.15) is 0 Å². The number of hydrogen-bond donors (Lipinski definition) is 0. The molecule has 0 nitrogen and oxygen atoms in total. The average molecular weight is 621 g/mol. The van der Waals surface area contributed by atoms with E-state index in [4.69, 9.17) is 0 Å². The fourth-order valence-electron chi connectivity index (χ4n) is 9.44. The maximum atomic E-state index is 2.43. The van der Waals surface area contributed by atoms with E-state index in [9.17, 15) is 0 Å². The molecule has 0 saturated carbocycles. The van der Waals surface area contributed by atoms with E-state index in [1.54, 1.807) is 0 Å². The van der Waals surface area contributed by atoms with Crippen LogP contribution >= 0.6 is 0 Å². The molecule has 0 bridgehead atoms. The van der Waals surface area contributed by atoms with Crippen molar-refractivity contribution in [3.05, 3.63) is 169 Å². The molecule has 0 aromatic heterocycles. The topological polar surface area (TPSA) is 0 Å². The molecular weight excluding hydrogens is 589 g/mol. The Balaban J connectivity index is 1.12. The van der Waals surface area contributed by atoms with Crippen LogP contribution in [0.5, 0.6) is 0 Å². The standard InChI is InChI=1S/C49H32/c1-49(2)47-37(15-8-16-43(47)46-40-13-5-3-11-38(40)39-12-4-6-14-42(39)48(46)49)34-22-18-29-17-21-33(27-35(29)28-34)36-25-23-32-20-19-30-9-7-10-31-24-26-41(36)45(32)44(30)31/h3-28H,1-2H3. The molecule has 0 spiro atoms. The van der Waals surface area contributed by atoms with Crippen molar-refractivity contribution in [2.45, 2.75) is 19.3 Å². The summed E-state index contributed by atoms with van der Waals surface area (Å²) in [6.45, 7) is 4.85. The van der Waals surface area contributed by atoms with Gasteiger partial charge in [0, 0.05) is 5.41 Å². The summed E-state index contributed by atoms with van der Waals surface area (Å²) >= 11 is 0. The molecule has 0 radical (unpaired) electrons. The Hall–Kier alpha value is -5.98. The van der Waals surface area contributed by atoms with Gasteiger partial charge in [-0.1, -0.05) is 159 Å². The Labute approximate surface area is 285 Å². The van der Waals surface area contributed by atoms with Crippen molar-refractivity contribution in [1.82, 2.24) is 0 Å².